The SMILES string of the molecule is CCc1ncc(F)cc1-c1cc2cnn(C3CCN(c4ncc(C5CC5)cn4)CC3)c2cn1. The fraction of sp³-hybridized carbons (Fsp3) is 0.400. The van der Waals surface area contributed by atoms with Crippen LogP contribution in [-0.4, -0.2) is 42.8 Å². The zero-order valence-electron chi connectivity index (χ0n) is 18.7. The van der Waals surface area contributed by atoms with Gasteiger partial charge in [0, 0.05) is 42.1 Å². The first-order valence-electron chi connectivity index (χ1n) is 11.7. The summed E-state index contributed by atoms with van der Waals surface area (Å²) in [5.74, 6) is 1.15. The van der Waals surface area contributed by atoms with Crippen LogP contribution < -0.4 is 4.90 Å². The van der Waals surface area contributed by atoms with E-state index in [2.05, 4.69) is 34.6 Å². The average Bonchev–Trinajstić information content (AvgIpc) is 3.63. The second-order valence-electron chi connectivity index (χ2n) is 9.03. The highest BCUT2D eigenvalue weighted by Crippen LogP contribution is 2.39. The summed E-state index contributed by atoms with van der Waals surface area (Å²) in [4.78, 5) is 20.4. The summed E-state index contributed by atoms with van der Waals surface area (Å²) in [6.07, 6.45) is 14.2. The first kappa shape index (κ1) is 20.2. The van der Waals surface area contributed by atoms with Crippen LogP contribution in [0.3, 0.4) is 0 Å². The van der Waals surface area contributed by atoms with E-state index in [-0.39, 0.29) is 5.82 Å². The standard InChI is InChI=1S/C25H26FN7/c1-2-22-21(10-19(26)14-27-22)23-9-17-13-31-33(24(17)15-28-23)20-5-7-32(8-6-20)25-29-11-18(12-30-25)16-3-4-16/h9-16,20H,2-8H2,1H3. The molecule has 33 heavy (non-hydrogen) atoms. The Morgan fingerprint density at radius 3 is 2.42 bits per heavy atom. The summed E-state index contributed by atoms with van der Waals surface area (Å²) in [6.45, 7) is 3.81. The van der Waals surface area contributed by atoms with Crippen LogP contribution in [0.1, 0.15) is 55.8 Å². The molecule has 5 heterocycles. The number of piperidine rings is 1. The number of anilines is 1. The van der Waals surface area contributed by atoms with E-state index in [1.54, 1.807) is 0 Å². The fourth-order valence-electron chi connectivity index (χ4n) is 4.79. The van der Waals surface area contributed by atoms with Crippen LogP contribution >= 0.6 is 0 Å². The Labute approximate surface area is 191 Å². The Morgan fingerprint density at radius 2 is 1.70 bits per heavy atom. The van der Waals surface area contributed by atoms with E-state index in [1.165, 1.54) is 30.7 Å². The van der Waals surface area contributed by atoms with E-state index in [0.29, 0.717) is 12.0 Å². The first-order chi connectivity index (χ1) is 16.2. The van der Waals surface area contributed by atoms with E-state index >= 15 is 0 Å². The number of hydrogen-bond donors (Lipinski definition) is 0. The molecule has 1 aliphatic heterocycles. The Morgan fingerprint density at radius 1 is 0.909 bits per heavy atom. The zero-order chi connectivity index (χ0) is 22.4. The molecule has 2 aliphatic rings. The number of halogens is 1. The predicted octanol–water partition coefficient (Wildman–Crippen LogP) is 4.70. The number of nitrogens with zero attached hydrogens (tertiary/aromatic N) is 7. The third-order valence-corrected chi connectivity index (χ3v) is 6.83. The molecule has 0 atom stereocenters. The van der Waals surface area contributed by atoms with Crippen LogP contribution in [0.5, 0.6) is 0 Å². The summed E-state index contributed by atoms with van der Waals surface area (Å²) in [5, 5.41) is 5.69. The lowest BCUT2D eigenvalue weighted by Gasteiger charge is -2.32. The van der Waals surface area contributed by atoms with Gasteiger partial charge in [-0.25, -0.2) is 14.4 Å². The summed E-state index contributed by atoms with van der Waals surface area (Å²) in [6, 6.07) is 3.80. The van der Waals surface area contributed by atoms with Crippen LogP contribution in [-0.2, 0) is 6.42 Å². The van der Waals surface area contributed by atoms with Gasteiger partial charge in [0.25, 0.3) is 0 Å². The normalized spacial score (nSPS) is 17.1. The van der Waals surface area contributed by atoms with Crippen molar-refractivity contribution < 1.29 is 4.39 Å². The number of aryl methyl sites for hydroxylation is 1. The quantitative estimate of drug-likeness (QED) is 0.445. The Kier molecular flexibility index (Phi) is 5.00. The lowest BCUT2D eigenvalue weighted by molar-refractivity contribution is 0.373. The molecule has 1 saturated carbocycles. The van der Waals surface area contributed by atoms with Gasteiger partial charge in [0.2, 0.25) is 5.95 Å². The van der Waals surface area contributed by atoms with Crippen molar-refractivity contribution in [3.8, 4) is 11.3 Å². The smallest absolute Gasteiger partial charge is 0.225 e. The van der Waals surface area contributed by atoms with Gasteiger partial charge in [-0.2, -0.15) is 5.10 Å². The molecule has 168 valence electrons. The lowest BCUT2D eigenvalue weighted by atomic mass is 10.0. The molecule has 0 radical (unpaired) electrons. The van der Waals surface area contributed by atoms with Crippen molar-refractivity contribution in [3.05, 3.63) is 60.2 Å². The van der Waals surface area contributed by atoms with Crippen molar-refractivity contribution in [2.24, 2.45) is 0 Å². The number of fused-ring (bicyclic) bond motifs is 1. The molecule has 0 N–H and O–H groups in total. The van der Waals surface area contributed by atoms with Crippen molar-refractivity contribution in [1.29, 1.82) is 0 Å². The molecule has 0 aromatic carbocycles. The molecule has 0 unspecified atom stereocenters. The fourth-order valence-corrected chi connectivity index (χ4v) is 4.79. The van der Waals surface area contributed by atoms with E-state index in [0.717, 1.165) is 66.2 Å². The van der Waals surface area contributed by atoms with Crippen LogP contribution in [0.25, 0.3) is 22.2 Å². The number of pyridine rings is 2. The lowest BCUT2D eigenvalue weighted by Crippen LogP contribution is -2.36. The average molecular weight is 444 g/mol. The molecule has 0 spiro atoms. The number of hydrogen-bond acceptors (Lipinski definition) is 6. The van der Waals surface area contributed by atoms with Crippen molar-refractivity contribution in [3.63, 3.8) is 0 Å². The van der Waals surface area contributed by atoms with Gasteiger partial charge < -0.3 is 4.90 Å². The Balaban J connectivity index is 1.20. The van der Waals surface area contributed by atoms with Crippen molar-refractivity contribution in [1.82, 2.24) is 29.7 Å². The van der Waals surface area contributed by atoms with Crippen LogP contribution in [0, 0.1) is 5.82 Å². The molecule has 4 aromatic rings. The molecule has 6 rings (SSSR count). The molecule has 7 nitrogen and oxygen atoms in total. The molecular formula is C25H26FN7. The van der Waals surface area contributed by atoms with Crippen LogP contribution in [0.15, 0.2) is 43.1 Å². The summed E-state index contributed by atoms with van der Waals surface area (Å²) in [5.41, 5.74) is 4.59. The summed E-state index contributed by atoms with van der Waals surface area (Å²) < 4.78 is 15.9. The maximum Gasteiger partial charge on any atom is 0.225 e. The van der Waals surface area contributed by atoms with E-state index in [4.69, 9.17) is 0 Å². The van der Waals surface area contributed by atoms with Gasteiger partial charge in [-0.3, -0.25) is 14.6 Å². The third-order valence-electron chi connectivity index (χ3n) is 6.83. The highest BCUT2D eigenvalue weighted by Gasteiger charge is 2.26. The molecule has 8 heteroatoms. The topological polar surface area (TPSA) is 72.6 Å². The highest BCUT2D eigenvalue weighted by atomic mass is 19.1. The second kappa shape index (κ2) is 8.17. The largest absolute Gasteiger partial charge is 0.341 e. The van der Waals surface area contributed by atoms with Gasteiger partial charge >= 0.3 is 0 Å². The monoisotopic (exact) mass is 443 g/mol. The van der Waals surface area contributed by atoms with Crippen LogP contribution in [0.4, 0.5) is 10.3 Å². The molecule has 4 aromatic heterocycles. The minimum absolute atomic E-state index is 0.305. The highest BCUT2D eigenvalue weighted by molar-refractivity contribution is 5.82. The Hall–Kier alpha value is -3.42. The van der Waals surface area contributed by atoms with E-state index in [9.17, 15) is 4.39 Å². The zero-order valence-corrected chi connectivity index (χ0v) is 18.7. The maximum absolute atomic E-state index is 13.8. The predicted molar refractivity (Wildman–Crippen MR) is 125 cm³/mol. The molecule has 2 fully saturated rings. The molecular weight excluding hydrogens is 417 g/mol. The molecule has 0 bridgehead atoms. The minimum atomic E-state index is -0.349. The number of aromatic nitrogens is 6. The van der Waals surface area contributed by atoms with Crippen LogP contribution in [0.2, 0.25) is 0 Å². The summed E-state index contributed by atoms with van der Waals surface area (Å²) >= 11 is 0. The maximum atomic E-state index is 13.8. The Bertz CT molecular complexity index is 1290. The molecule has 1 saturated heterocycles. The third kappa shape index (κ3) is 3.83. The summed E-state index contributed by atoms with van der Waals surface area (Å²) in [7, 11) is 0. The van der Waals surface area contributed by atoms with Crippen molar-refractivity contribution in [2.75, 3.05) is 18.0 Å². The van der Waals surface area contributed by atoms with Gasteiger partial charge in [0.05, 0.1) is 35.8 Å². The van der Waals surface area contributed by atoms with Gasteiger partial charge in [0.15, 0.2) is 0 Å². The molecule has 1 aliphatic carbocycles. The van der Waals surface area contributed by atoms with Gasteiger partial charge in [-0.1, -0.05) is 6.92 Å². The number of rotatable bonds is 5. The van der Waals surface area contributed by atoms with Gasteiger partial charge in [-0.15, -0.1) is 0 Å². The van der Waals surface area contributed by atoms with Crippen molar-refractivity contribution in [2.45, 2.75) is 51.0 Å². The van der Waals surface area contributed by atoms with E-state index < -0.39 is 0 Å². The van der Waals surface area contributed by atoms with Crippen molar-refractivity contribution >= 4 is 16.9 Å². The van der Waals surface area contributed by atoms with E-state index in [1.807, 2.05) is 37.8 Å². The molecule has 0 amide bonds. The van der Waals surface area contributed by atoms with Gasteiger partial charge in [0.1, 0.15) is 5.82 Å². The second-order valence-corrected chi connectivity index (χ2v) is 9.03. The minimum Gasteiger partial charge on any atom is -0.341 e. The van der Waals surface area contributed by atoms with Gasteiger partial charge in [-0.05, 0) is 55.7 Å². The first-order valence-corrected chi connectivity index (χ1v) is 11.7.